The molecule has 1 aliphatic heterocycles. The summed E-state index contributed by atoms with van der Waals surface area (Å²) in [6, 6.07) is 3.05. The third kappa shape index (κ3) is 4.44. The van der Waals surface area contributed by atoms with Crippen molar-refractivity contribution >= 4 is 28.4 Å². The minimum absolute atomic E-state index is 0. The average Bonchev–Trinajstić information content (AvgIpc) is 2.54. The molecule has 0 bridgehead atoms. The molecule has 0 atom stereocenters. The summed E-state index contributed by atoms with van der Waals surface area (Å²) in [5, 5.41) is 3.09. The third-order valence-corrected chi connectivity index (χ3v) is 5.99. The minimum Gasteiger partial charge on any atom is -0.465 e. The predicted molar refractivity (Wildman–Crippen MR) is 90.4 cm³/mol. The molecule has 0 saturated carbocycles. The molecule has 24 heavy (non-hydrogen) atoms. The van der Waals surface area contributed by atoms with Gasteiger partial charge in [-0.1, -0.05) is 0 Å². The van der Waals surface area contributed by atoms with Crippen LogP contribution in [-0.2, 0) is 14.8 Å². The molecule has 0 amide bonds. The first kappa shape index (κ1) is 20.8. The third-order valence-electron chi connectivity index (χ3n) is 4.03. The van der Waals surface area contributed by atoms with Crippen LogP contribution in [0.25, 0.3) is 0 Å². The van der Waals surface area contributed by atoms with Crippen LogP contribution >= 0.6 is 12.4 Å². The van der Waals surface area contributed by atoms with Gasteiger partial charge in [-0.15, -0.1) is 12.4 Å². The van der Waals surface area contributed by atoms with Crippen molar-refractivity contribution in [3.05, 3.63) is 29.6 Å². The highest BCUT2D eigenvalue weighted by Crippen LogP contribution is 2.26. The Bertz CT molecular complexity index is 676. The fourth-order valence-corrected chi connectivity index (χ4v) is 4.41. The molecule has 0 spiro atoms. The number of piperidine rings is 1. The van der Waals surface area contributed by atoms with Gasteiger partial charge in [-0.2, -0.15) is 4.31 Å². The summed E-state index contributed by atoms with van der Waals surface area (Å²) >= 11 is 0. The van der Waals surface area contributed by atoms with Crippen LogP contribution in [0.2, 0.25) is 0 Å². The molecule has 1 heterocycles. The number of ether oxygens (including phenoxy) is 1. The van der Waals surface area contributed by atoms with Crippen LogP contribution in [-0.4, -0.2) is 52.5 Å². The molecule has 0 radical (unpaired) electrons. The number of hydrogen-bond acceptors (Lipinski definition) is 5. The van der Waals surface area contributed by atoms with E-state index in [2.05, 4.69) is 10.1 Å². The zero-order chi connectivity index (χ0) is 17.0. The molecule has 1 N–H and O–H groups in total. The quantitative estimate of drug-likeness (QED) is 0.786. The van der Waals surface area contributed by atoms with Gasteiger partial charge in [0.1, 0.15) is 5.82 Å². The molecule has 0 unspecified atom stereocenters. The van der Waals surface area contributed by atoms with Gasteiger partial charge in [0.05, 0.1) is 17.6 Å². The molecule has 0 aromatic heterocycles. The van der Waals surface area contributed by atoms with Gasteiger partial charge >= 0.3 is 5.97 Å². The highest BCUT2D eigenvalue weighted by molar-refractivity contribution is 7.89. The van der Waals surface area contributed by atoms with Gasteiger partial charge in [0, 0.05) is 13.1 Å². The van der Waals surface area contributed by atoms with Gasteiger partial charge in [0.2, 0.25) is 10.0 Å². The molecular weight excluding hydrogens is 359 g/mol. The monoisotopic (exact) mass is 380 g/mol. The molecule has 1 saturated heterocycles. The molecule has 136 valence electrons. The smallest absolute Gasteiger partial charge is 0.339 e. The number of esters is 1. The van der Waals surface area contributed by atoms with E-state index in [0.29, 0.717) is 19.0 Å². The number of sulfonamides is 1. The first-order valence-corrected chi connectivity index (χ1v) is 8.86. The van der Waals surface area contributed by atoms with E-state index in [1.54, 1.807) is 0 Å². The number of benzene rings is 1. The first-order chi connectivity index (χ1) is 10.9. The number of rotatable bonds is 5. The van der Waals surface area contributed by atoms with E-state index in [1.165, 1.54) is 4.31 Å². The van der Waals surface area contributed by atoms with Gasteiger partial charge in [-0.25, -0.2) is 17.6 Å². The second kappa shape index (κ2) is 8.75. The maximum absolute atomic E-state index is 13.4. The fraction of sp³-hybridized carbons (Fsp3) is 0.533. The average molecular weight is 381 g/mol. The first-order valence-electron chi connectivity index (χ1n) is 7.42. The zero-order valence-electron chi connectivity index (χ0n) is 13.6. The van der Waals surface area contributed by atoms with Crippen LogP contribution in [0, 0.1) is 11.7 Å². The van der Waals surface area contributed by atoms with E-state index >= 15 is 0 Å². The molecule has 2 rings (SSSR count). The van der Waals surface area contributed by atoms with Crippen molar-refractivity contribution in [2.45, 2.75) is 17.7 Å². The number of methoxy groups -OCH3 is 1. The Hall–Kier alpha value is -1.22. The largest absolute Gasteiger partial charge is 0.465 e. The second-order valence-corrected chi connectivity index (χ2v) is 7.44. The Kier molecular flexibility index (Phi) is 7.59. The molecule has 0 aliphatic carbocycles. The van der Waals surface area contributed by atoms with Crippen molar-refractivity contribution in [3.63, 3.8) is 0 Å². The van der Waals surface area contributed by atoms with Gasteiger partial charge < -0.3 is 10.1 Å². The van der Waals surface area contributed by atoms with E-state index in [9.17, 15) is 17.6 Å². The lowest BCUT2D eigenvalue weighted by Gasteiger charge is -2.31. The number of hydrogen-bond donors (Lipinski definition) is 1. The van der Waals surface area contributed by atoms with Crippen LogP contribution in [0.15, 0.2) is 23.1 Å². The number of halogens is 2. The Morgan fingerprint density at radius 2 is 2.00 bits per heavy atom. The van der Waals surface area contributed by atoms with E-state index in [0.717, 1.165) is 44.7 Å². The summed E-state index contributed by atoms with van der Waals surface area (Å²) in [6.07, 6.45) is 1.49. The minimum atomic E-state index is -3.86. The van der Waals surface area contributed by atoms with Crippen LogP contribution in [0.1, 0.15) is 23.2 Å². The van der Waals surface area contributed by atoms with Crippen LogP contribution < -0.4 is 5.32 Å². The van der Waals surface area contributed by atoms with Crippen LogP contribution in [0.3, 0.4) is 0 Å². The normalized spacial score (nSPS) is 16.5. The number of nitrogens with zero attached hydrogens (tertiary/aromatic N) is 1. The van der Waals surface area contributed by atoms with Gasteiger partial charge in [-0.05, 0) is 50.6 Å². The lowest BCUT2D eigenvalue weighted by Crippen LogP contribution is -2.40. The van der Waals surface area contributed by atoms with E-state index in [1.807, 2.05) is 7.05 Å². The fourth-order valence-electron chi connectivity index (χ4n) is 2.78. The van der Waals surface area contributed by atoms with E-state index < -0.39 is 21.8 Å². The summed E-state index contributed by atoms with van der Waals surface area (Å²) in [5.41, 5.74) is -0.273. The van der Waals surface area contributed by atoms with E-state index in [4.69, 9.17) is 0 Å². The number of nitrogens with one attached hydrogen (secondary N) is 1. The maximum atomic E-state index is 13.4. The SMILES string of the molecule is CNCC1CCN(S(=O)(=O)c2ccc(F)cc2C(=O)OC)CC1.Cl. The van der Waals surface area contributed by atoms with Gasteiger partial charge in [0.15, 0.2) is 0 Å². The summed E-state index contributed by atoms with van der Waals surface area (Å²) in [7, 11) is -0.860. The summed E-state index contributed by atoms with van der Waals surface area (Å²) in [5.74, 6) is -1.12. The topological polar surface area (TPSA) is 75.7 Å². The summed E-state index contributed by atoms with van der Waals surface area (Å²) in [6.45, 7) is 1.61. The van der Waals surface area contributed by atoms with Gasteiger partial charge in [0.25, 0.3) is 0 Å². The summed E-state index contributed by atoms with van der Waals surface area (Å²) < 4.78 is 44.9. The molecule has 1 aliphatic rings. The molecule has 1 aromatic rings. The van der Waals surface area contributed by atoms with Crippen molar-refractivity contribution in [1.82, 2.24) is 9.62 Å². The predicted octanol–water partition coefficient (Wildman–Crippen LogP) is 1.65. The number of carbonyl (C=O) groups excluding carboxylic acids is 1. The van der Waals surface area contributed by atoms with Crippen molar-refractivity contribution in [1.29, 1.82) is 0 Å². The molecule has 9 heteroatoms. The lowest BCUT2D eigenvalue weighted by molar-refractivity contribution is 0.0595. The van der Waals surface area contributed by atoms with Crippen LogP contribution in [0.4, 0.5) is 4.39 Å². The second-order valence-electron chi connectivity index (χ2n) is 5.54. The van der Waals surface area contributed by atoms with Crippen molar-refractivity contribution in [2.24, 2.45) is 5.92 Å². The molecular formula is C15H22ClFN2O4S. The standard InChI is InChI=1S/C15H21FN2O4S.ClH/c1-17-10-11-5-7-18(8-6-11)23(20,21)14-4-3-12(16)9-13(14)15(19)22-2;/h3-4,9,11,17H,5-8,10H2,1-2H3;1H. The van der Waals surface area contributed by atoms with Crippen molar-refractivity contribution in [2.75, 3.05) is 33.8 Å². The van der Waals surface area contributed by atoms with Crippen LogP contribution in [0.5, 0.6) is 0 Å². The Morgan fingerprint density at radius 3 is 2.54 bits per heavy atom. The highest BCUT2D eigenvalue weighted by Gasteiger charge is 2.32. The van der Waals surface area contributed by atoms with Crippen molar-refractivity contribution < 1.29 is 22.3 Å². The lowest BCUT2D eigenvalue weighted by atomic mass is 9.98. The van der Waals surface area contributed by atoms with Crippen molar-refractivity contribution in [3.8, 4) is 0 Å². The Balaban J connectivity index is 0.00000288. The Morgan fingerprint density at radius 1 is 1.38 bits per heavy atom. The Labute approximate surface area is 147 Å². The highest BCUT2D eigenvalue weighted by atomic mass is 35.5. The maximum Gasteiger partial charge on any atom is 0.339 e. The molecule has 1 aromatic carbocycles. The molecule has 6 nitrogen and oxygen atoms in total. The number of carbonyl (C=O) groups is 1. The van der Waals surface area contributed by atoms with E-state index in [-0.39, 0.29) is 22.9 Å². The molecule has 1 fully saturated rings. The zero-order valence-corrected chi connectivity index (χ0v) is 15.3. The summed E-state index contributed by atoms with van der Waals surface area (Å²) in [4.78, 5) is 11.6. The van der Waals surface area contributed by atoms with Gasteiger partial charge in [-0.3, -0.25) is 0 Å².